The average Bonchev–Trinajstić information content (AvgIpc) is 2.94. The first-order valence-electron chi connectivity index (χ1n) is 6.19. The lowest BCUT2D eigenvalue weighted by molar-refractivity contribution is 0.251. The molecule has 2 rings (SSSR count). The Morgan fingerprint density at radius 2 is 2.20 bits per heavy atom. The highest BCUT2D eigenvalue weighted by atomic mass is 32.1. The number of amides is 2. The van der Waals surface area contributed by atoms with Crippen LogP contribution in [0.4, 0.5) is 10.5 Å². The van der Waals surface area contributed by atoms with Gasteiger partial charge in [0.2, 0.25) is 5.88 Å². The molecule has 0 saturated carbocycles. The van der Waals surface area contributed by atoms with Crippen LogP contribution < -0.4 is 15.4 Å². The van der Waals surface area contributed by atoms with Gasteiger partial charge in [-0.05, 0) is 12.5 Å². The summed E-state index contributed by atoms with van der Waals surface area (Å²) in [5, 5.41) is 6.34. The van der Waals surface area contributed by atoms with Crippen LogP contribution in [-0.2, 0) is 13.0 Å². The summed E-state index contributed by atoms with van der Waals surface area (Å²) >= 11 is 1.60. The number of urea groups is 1. The molecule has 0 bridgehead atoms. The van der Waals surface area contributed by atoms with Crippen molar-refractivity contribution in [2.75, 3.05) is 12.4 Å². The van der Waals surface area contributed by atoms with E-state index in [2.05, 4.69) is 27.5 Å². The molecule has 7 heteroatoms. The third-order valence-corrected chi connectivity index (χ3v) is 3.70. The maximum absolute atomic E-state index is 11.7. The molecule has 20 heavy (non-hydrogen) atoms. The number of aromatic nitrogens is 2. The molecule has 6 nitrogen and oxygen atoms in total. The number of pyridine rings is 1. The number of ether oxygens (including phenoxy) is 1. The van der Waals surface area contributed by atoms with Gasteiger partial charge in [-0.3, -0.25) is 0 Å². The molecule has 0 aliphatic carbocycles. The average molecular weight is 292 g/mol. The molecule has 0 spiro atoms. The van der Waals surface area contributed by atoms with Gasteiger partial charge in [0.25, 0.3) is 0 Å². The lowest BCUT2D eigenvalue weighted by atomic mass is 10.4. The van der Waals surface area contributed by atoms with Crippen LogP contribution in [-0.4, -0.2) is 23.1 Å². The Balaban J connectivity index is 1.82. The number of thiazole rings is 1. The standard InChI is InChI=1S/C13H16N4O2S/c1-3-10-7-15-12(20-10)8-16-13(18)17-9-4-5-11(19-2)14-6-9/h4-7H,3,8H2,1-2H3,(H2,16,17,18). The molecule has 0 aliphatic heterocycles. The van der Waals surface area contributed by atoms with E-state index in [1.165, 1.54) is 11.1 Å². The highest BCUT2D eigenvalue weighted by Gasteiger charge is 2.05. The van der Waals surface area contributed by atoms with Gasteiger partial charge in [0.05, 0.1) is 25.5 Å². The zero-order chi connectivity index (χ0) is 14.4. The molecule has 2 aromatic heterocycles. The van der Waals surface area contributed by atoms with Crippen LogP contribution in [0.2, 0.25) is 0 Å². The van der Waals surface area contributed by atoms with Crippen LogP contribution in [0.3, 0.4) is 0 Å². The molecule has 0 unspecified atom stereocenters. The Kier molecular flexibility index (Phi) is 4.89. The van der Waals surface area contributed by atoms with Crippen LogP contribution in [0.25, 0.3) is 0 Å². The van der Waals surface area contributed by atoms with Gasteiger partial charge in [0.1, 0.15) is 5.01 Å². The summed E-state index contributed by atoms with van der Waals surface area (Å²) in [6, 6.07) is 3.12. The normalized spacial score (nSPS) is 10.1. The van der Waals surface area contributed by atoms with Crippen LogP contribution >= 0.6 is 11.3 Å². The van der Waals surface area contributed by atoms with Crippen molar-refractivity contribution in [3.63, 3.8) is 0 Å². The quantitative estimate of drug-likeness (QED) is 0.887. The van der Waals surface area contributed by atoms with Crippen LogP contribution in [0.1, 0.15) is 16.8 Å². The van der Waals surface area contributed by atoms with Crippen LogP contribution in [0, 0.1) is 0 Å². The zero-order valence-electron chi connectivity index (χ0n) is 11.3. The van der Waals surface area contributed by atoms with E-state index in [0.29, 0.717) is 18.1 Å². The van der Waals surface area contributed by atoms with Crippen molar-refractivity contribution >= 4 is 23.1 Å². The third kappa shape index (κ3) is 3.92. The van der Waals surface area contributed by atoms with Gasteiger partial charge in [0.15, 0.2) is 0 Å². The van der Waals surface area contributed by atoms with Crippen molar-refractivity contribution in [1.29, 1.82) is 0 Å². The van der Waals surface area contributed by atoms with Crippen molar-refractivity contribution in [2.24, 2.45) is 0 Å². The van der Waals surface area contributed by atoms with Gasteiger partial charge in [0, 0.05) is 17.1 Å². The summed E-state index contributed by atoms with van der Waals surface area (Å²) in [6.07, 6.45) is 4.34. The van der Waals surface area contributed by atoms with E-state index in [0.717, 1.165) is 11.4 Å². The third-order valence-electron chi connectivity index (χ3n) is 2.55. The summed E-state index contributed by atoms with van der Waals surface area (Å²) in [7, 11) is 1.54. The van der Waals surface area contributed by atoms with Crippen molar-refractivity contribution in [1.82, 2.24) is 15.3 Å². The number of nitrogens with zero attached hydrogens (tertiary/aromatic N) is 2. The topological polar surface area (TPSA) is 76.1 Å². The molecule has 2 N–H and O–H groups in total. The molecular weight excluding hydrogens is 276 g/mol. The highest BCUT2D eigenvalue weighted by molar-refractivity contribution is 7.11. The number of carbonyl (C=O) groups is 1. The molecule has 0 aliphatic rings. The molecule has 2 amide bonds. The summed E-state index contributed by atoms with van der Waals surface area (Å²) in [6.45, 7) is 2.49. The Morgan fingerprint density at radius 1 is 1.35 bits per heavy atom. The molecule has 2 heterocycles. The number of anilines is 1. The van der Waals surface area contributed by atoms with Crippen molar-refractivity contribution in [2.45, 2.75) is 19.9 Å². The van der Waals surface area contributed by atoms with E-state index in [9.17, 15) is 4.79 Å². The largest absolute Gasteiger partial charge is 0.481 e. The number of hydrogen-bond donors (Lipinski definition) is 2. The fourth-order valence-corrected chi connectivity index (χ4v) is 2.30. The maximum Gasteiger partial charge on any atom is 0.319 e. The zero-order valence-corrected chi connectivity index (χ0v) is 12.2. The van der Waals surface area contributed by atoms with Gasteiger partial charge < -0.3 is 15.4 Å². The number of rotatable bonds is 5. The molecule has 0 radical (unpaired) electrons. The van der Waals surface area contributed by atoms with Gasteiger partial charge in [-0.25, -0.2) is 14.8 Å². The van der Waals surface area contributed by atoms with E-state index in [-0.39, 0.29) is 6.03 Å². The lowest BCUT2D eigenvalue weighted by Crippen LogP contribution is -2.28. The van der Waals surface area contributed by atoms with Crippen LogP contribution in [0.15, 0.2) is 24.5 Å². The molecule has 0 aromatic carbocycles. The summed E-state index contributed by atoms with van der Waals surface area (Å²) < 4.78 is 4.95. The van der Waals surface area contributed by atoms with E-state index in [1.807, 2.05) is 6.20 Å². The molecule has 0 atom stereocenters. The SMILES string of the molecule is CCc1cnc(CNC(=O)Nc2ccc(OC)nc2)s1. The van der Waals surface area contributed by atoms with Gasteiger partial charge in [-0.1, -0.05) is 6.92 Å². The van der Waals surface area contributed by atoms with E-state index < -0.39 is 0 Å². The summed E-state index contributed by atoms with van der Waals surface area (Å²) in [5.74, 6) is 0.505. The van der Waals surface area contributed by atoms with E-state index in [1.54, 1.807) is 30.6 Å². The second kappa shape index (κ2) is 6.85. The van der Waals surface area contributed by atoms with E-state index >= 15 is 0 Å². The lowest BCUT2D eigenvalue weighted by Gasteiger charge is -2.06. The fourth-order valence-electron chi connectivity index (χ4n) is 1.50. The number of aryl methyl sites for hydroxylation is 1. The minimum Gasteiger partial charge on any atom is -0.481 e. The van der Waals surface area contributed by atoms with Gasteiger partial charge in [-0.15, -0.1) is 11.3 Å². The first-order chi connectivity index (χ1) is 9.71. The molecule has 2 aromatic rings. The first kappa shape index (κ1) is 14.3. The monoisotopic (exact) mass is 292 g/mol. The van der Waals surface area contributed by atoms with Crippen molar-refractivity contribution in [3.05, 3.63) is 34.4 Å². The second-order valence-electron chi connectivity index (χ2n) is 3.97. The number of hydrogen-bond acceptors (Lipinski definition) is 5. The fraction of sp³-hybridized carbons (Fsp3) is 0.308. The molecule has 0 saturated heterocycles. The Bertz CT molecular complexity index is 568. The highest BCUT2D eigenvalue weighted by Crippen LogP contribution is 2.13. The molecule has 0 fully saturated rings. The Hall–Kier alpha value is -2.15. The second-order valence-corrected chi connectivity index (χ2v) is 5.17. The number of methoxy groups -OCH3 is 1. The predicted octanol–water partition coefficient (Wildman–Crippen LogP) is 2.43. The smallest absolute Gasteiger partial charge is 0.319 e. The summed E-state index contributed by atoms with van der Waals surface area (Å²) in [5.41, 5.74) is 0.608. The molecule has 106 valence electrons. The van der Waals surface area contributed by atoms with Gasteiger partial charge in [-0.2, -0.15) is 0 Å². The maximum atomic E-state index is 11.7. The minimum atomic E-state index is -0.287. The number of nitrogens with one attached hydrogen (secondary N) is 2. The molecular formula is C13H16N4O2S. The first-order valence-corrected chi connectivity index (χ1v) is 7.01. The van der Waals surface area contributed by atoms with Gasteiger partial charge >= 0.3 is 6.03 Å². The number of carbonyl (C=O) groups excluding carboxylic acids is 1. The minimum absolute atomic E-state index is 0.287. The van der Waals surface area contributed by atoms with E-state index in [4.69, 9.17) is 4.74 Å². The Morgan fingerprint density at radius 3 is 2.80 bits per heavy atom. The Labute approximate surface area is 121 Å². The predicted molar refractivity (Wildman–Crippen MR) is 78.1 cm³/mol. The summed E-state index contributed by atoms with van der Waals surface area (Å²) in [4.78, 5) is 21.2. The van der Waals surface area contributed by atoms with Crippen LogP contribution in [0.5, 0.6) is 5.88 Å². The van der Waals surface area contributed by atoms with Crippen molar-refractivity contribution < 1.29 is 9.53 Å². The van der Waals surface area contributed by atoms with Crippen molar-refractivity contribution in [3.8, 4) is 5.88 Å².